The van der Waals surface area contributed by atoms with Crippen LogP contribution < -0.4 is 18.4 Å². The SMILES string of the molecule is CN(C)C(=O)Oc1cccc([N+](C)(C)C)c1.CN(C)C(=O)Oc1cccc([N+](C)(C)C)c1.O=S(=O)([O-])[O-]. The van der Waals surface area contributed by atoms with Gasteiger partial charge < -0.3 is 28.4 Å². The first kappa shape index (κ1) is 33.8. The van der Waals surface area contributed by atoms with Gasteiger partial charge in [0.2, 0.25) is 0 Å². The van der Waals surface area contributed by atoms with Crippen LogP contribution >= 0.6 is 0 Å². The fourth-order valence-electron chi connectivity index (χ4n) is 2.31. The van der Waals surface area contributed by atoms with Crippen molar-refractivity contribution in [2.24, 2.45) is 0 Å². The van der Waals surface area contributed by atoms with E-state index in [4.69, 9.17) is 27.0 Å². The van der Waals surface area contributed by atoms with Gasteiger partial charge in [-0.25, -0.2) is 9.59 Å². The Bertz CT molecular complexity index is 1050. The number of hydrogen-bond acceptors (Lipinski definition) is 8. The van der Waals surface area contributed by atoms with Crippen molar-refractivity contribution in [2.45, 2.75) is 0 Å². The number of hydrogen-bond donors (Lipinski definition) is 0. The largest absolute Gasteiger partial charge is 0.759 e. The molecule has 0 aromatic heterocycles. The van der Waals surface area contributed by atoms with E-state index >= 15 is 0 Å². The van der Waals surface area contributed by atoms with E-state index in [9.17, 15) is 9.59 Å². The van der Waals surface area contributed by atoms with Gasteiger partial charge in [-0.2, -0.15) is 0 Å². The molecule has 0 saturated heterocycles. The zero-order valence-corrected chi connectivity index (χ0v) is 23.9. The molecule has 0 radical (unpaired) electrons. The number of carbonyl (C=O) groups excluding carboxylic acids is 2. The lowest BCUT2D eigenvalue weighted by Gasteiger charge is -2.23. The molecule has 0 N–H and O–H groups in total. The maximum Gasteiger partial charge on any atom is 0.414 e. The van der Waals surface area contributed by atoms with Gasteiger partial charge in [0.25, 0.3) is 0 Å². The molecule has 0 aliphatic rings. The van der Waals surface area contributed by atoms with Crippen molar-refractivity contribution in [3.63, 3.8) is 0 Å². The van der Waals surface area contributed by atoms with Crippen LogP contribution in [0.2, 0.25) is 0 Å². The van der Waals surface area contributed by atoms with Crippen LogP contribution in [0, 0.1) is 0 Å². The summed E-state index contributed by atoms with van der Waals surface area (Å²) in [6, 6.07) is 15.1. The first-order valence-electron chi connectivity index (χ1n) is 10.9. The van der Waals surface area contributed by atoms with Crippen LogP contribution in [-0.2, 0) is 10.4 Å². The lowest BCUT2D eigenvalue weighted by atomic mass is 10.2. The highest BCUT2D eigenvalue weighted by molar-refractivity contribution is 7.79. The van der Waals surface area contributed by atoms with Crippen molar-refractivity contribution in [3.05, 3.63) is 48.5 Å². The first-order chi connectivity index (χ1) is 16.6. The first-order valence-corrected chi connectivity index (χ1v) is 12.2. The number of carbonyl (C=O) groups is 2. The molecule has 2 aromatic carbocycles. The van der Waals surface area contributed by atoms with Gasteiger partial charge in [0.15, 0.2) is 0 Å². The molecule has 2 amide bonds. The zero-order valence-electron chi connectivity index (χ0n) is 23.1. The highest BCUT2D eigenvalue weighted by Crippen LogP contribution is 2.24. The predicted octanol–water partition coefficient (Wildman–Crippen LogP) is 2.55. The Morgan fingerprint density at radius 2 is 0.946 bits per heavy atom. The molecular formula is C24H38N4O8S. The monoisotopic (exact) mass is 542 g/mol. The number of quaternary nitrogens is 2. The Morgan fingerprint density at radius 1 is 0.676 bits per heavy atom. The van der Waals surface area contributed by atoms with E-state index in [0.29, 0.717) is 20.5 Å². The van der Waals surface area contributed by atoms with E-state index in [1.54, 1.807) is 40.3 Å². The van der Waals surface area contributed by atoms with Gasteiger partial charge >= 0.3 is 12.2 Å². The van der Waals surface area contributed by atoms with Gasteiger partial charge in [-0.15, -0.1) is 0 Å². The molecule has 2 aromatic rings. The van der Waals surface area contributed by atoms with E-state index in [2.05, 4.69) is 42.3 Å². The van der Waals surface area contributed by atoms with Gasteiger partial charge in [-0.05, 0) is 24.3 Å². The second-order valence-electron chi connectivity index (χ2n) is 9.95. The van der Waals surface area contributed by atoms with Crippen LogP contribution in [0.15, 0.2) is 48.5 Å². The summed E-state index contributed by atoms with van der Waals surface area (Å²) in [6.07, 6.45) is -0.725. The van der Waals surface area contributed by atoms with E-state index < -0.39 is 10.4 Å². The van der Waals surface area contributed by atoms with Gasteiger partial charge in [-0.3, -0.25) is 17.4 Å². The van der Waals surface area contributed by atoms with Crippen LogP contribution in [0.25, 0.3) is 0 Å². The van der Waals surface area contributed by atoms with E-state index in [-0.39, 0.29) is 12.2 Å². The summed E-state index contributed by atoms with van der Waals surface area (Å²) in [6.45, 7) is 0. The maximum absolute atomic E-state index is 11.4. The van der Waals surface area contributed by atoms with Gasteiger partial charge in [0.1, 0.15) is 22.9 Å². The van der Waals surface area contributed by atoms with Crippen LogP contribution in [-0.4, -0.2) is 110 Å². The summed E-state index contributed by atoms with van der Waals surface area (Å²) in [5.74, 6) is 1.15. The summed E-state index contributed by atoms with van der Waals surface area (Å²) >= 11 is 0. The quantitative estimate of drug-likeness (QED) is 0.326. The standard InChI is InChI=1S/2C12H19N2O2.H2O4S/c2*1-13(2)12(15)16-11-8-6-7-10(9-11)14(3,4)5;1-5(2,3)4/h2*6-9H,1-5H3;(H2,1,2,3,4)/q2*+1;/p-2. The molecule has 0 saturated carbocycles. The summed E-state index contributed by atoms with van der Waals surface area (Å²) in [5, 5.41) is 0. The Balaban J connectivity index is 0.000000594. The van der Waals surface area contributed by atoms with E-state index in [1.807, 2.05) is 36.4 Å². The Kier molecular flexibility index (Phi) is 12.7. The van der Waals surface area contributed by atoms with Crippen molar-refractivity contribution >= 4 is 34.0 Å². The molecule has 2 rings (SSSR count). The Morgan fingerprint density at radius 3 is 1.16 bits per heavy atom. The molecule has 0 fully saturated rings. The number of rotatable bonds is 4. The average molecular weight is 543 g/mol. The second-order valence-corrected chi connectivity index (χ2v) is 10.8. The molecule has 0 atom stereocenters. The van der Waals surface area contributed by atoms with Crippen molar-refractivity contribution < 1.29 is 36.6 Å². The van der Waals surface area contributed by atoms with Crippen LogP contribution in [0.1, 0.15) is 0 Å². The van der Waals surface area contributed by atoms with Crippen molar-refractivity contribution in [2.75, 3.05) is 70.5 Å². The lowest BCUT2D eigenvalue weighted by molar-refractivity contribution is 0.171. The van der Waals surface area contributed by atoms with Crippen molar-refractivity contribution in [1.82, 2.24) is 18.8 Å². The molecule has 0 unspecified atom stereocenters. The number of amides is 2. The van der Waals surface area contributed by atoms with Crippen LogP contribution in [0.5, 0.6) is 11.5 Å². The molecule has 0 spiro atoms. The Hall–Kier alpha value is -3.23. The fourth-order valence-corrected chi connectivity index (χ4v) is 2.31. The maximum atomic E-state index is 11.4. The summed E-state index contributed by atoms with van der Waals surface area (Å²) in [7, 11) is 13.8. The fraction of sp³-hybridized carbons (Fsp3) is 0.417. The van der Waals surface area contributed by atoms with Crippen molar-refractivity contribution in [3.8, 4) is 11.5 Å². The van der Waals surface area contributed by atoms with Gasteiger partial charge in [-0.1, -0.05) is 12.1 Å². The third-order valence-corrected chi connectivity index (χ3v) is 4.33. The lowest BCUT2D eigenvalue weighted by Crippen LogP contribution is -2.34. The molecule has 0 aliphatic carbocycles. The summed E-state index contributed by atoms with van der Waals surface area (Å²) in [5.41, 5.74) is 2.17. The minimum atomic E-state index is -5.17. The van der Waals surface area contributed by atoms with Crippen LogP contribution in [0.4, 0.5) is 21.0 Å². The summed E-state index contributed by atoms with van der Waals surface area (Å²) in [4.78, 5) is 25.5. The number of benzene rings is 2. The zero-order chi connectivity index (χ0) is 29.2. The molecule has 208 valence electrons. The Labute approximate surface area is 220 Å². The minimum absolute atomic E-state index is 0.362. The smallest absolute Gasteiger partial charge is 0.414 e. The minimum Gasteiger partial charge on any atom is -0.759 e. The third kappa shape index (κ3) is 15.5. The molecular weight excluding hydrogens is 504 g/mol. The number of ether oxygens (including phenoxy) is 2. The molecule has 37 heavy (non-hydrogen) atoms. The average Bonchev–Trinajstić information content (AvgIpc) is 2.72. The van der Waals surface area contributed by atoms with Crippen molar-refractivity contribution in [1.29, 1.82) is 0 Å². The summed E-state index contributed by atoms with van der Waals surface area (Å²) < 4.78 is 45.8. The van der Waals surface area contributed by atoms with E-state index in [1.165, 1.54) is 9.80 Å². The second kappa shape index (κ2) is 13.9. The van der Waals surface area contributed by atoms with Gasteiger partial charge in [0.05, 0.1) is 42.3 Å². The highest BCUT2D eigenvalue weighted by Gasteiger charge is 2.15. The molecule has 0 aliphatic heterocycles. The molecule has 0 bridgehead atoms. The van der Waals surface area contributed by atoms with Gasteiger partial charge in [0, 0.05) is 50.7 Å². The number of nitrogens with zero attached hydrogens (tertiary/aromatic N) is 4. The predicted molar refractivity (Wildman–Crippen MR) is 142 cm³/mol. The normalized spacial score (nSPS) is 11.1. The topological polar surface area (TPSA) is 139 Å². The molecule has 0 heterocycles. The third-order valence-electron chi connectivity index (χ3n) is 4.33. The van der Waals surface area contributed by atoms with E-state index in [0.717, 1.165) is 11.4 Å². The molecule has 13 heteroatoms. The highest BCUT2D eigenvalue weighted by atomic mass is 32.3. The molecule has 12 nitrogen and oxygen atoms in total. The van der Waals surface area contributed by atoms with Crippen LogP contribution in [0.3, 0.4) is 0 Å².